The van der Waals surface area contributed by atoms with Gasteiger partial charge in [0, 0.05) is 43.7 Å². The van der Waals surface area contributed by atoms with Crippen LogP contribution in [0, 0.1) is 13.8 Å². The number of nitrogens with zero attached hydrogens (tertiary/aromatic N) is 3. The van der Waals surface area contributed by atoms with Crippen LogP contribution in [0.4, 0.5) is 0 Å². The molecule has 0 spiro atoms. The lowest BCUT2D eigenvalue weighted by molar-refractivity contribution is 0.293. The van der Waals surface area contributed by atoms with Crippen LogP contribution in [0.15, 0.2) is 53.7 Å². The van der Waals surface area contributed by atoms with Gasteiger partial charge < -0.3 is 15.4 Å². The van der Waals surface area contributed by atoms with Crippen LogP contribution in [0.3, 0.4) is 0 Å². The fraction of sp³-hybridized carbons (Fsp3) is 0.318. The monoisotopic (exact) mass is 409 g/mol. The summed E-state index contributed by atoms with van der Waals surface area (Å²) in [5.41, 5.74) is 3.32. The largest absolute Gasteiger partial charge is 0.473 e. The summed E-state index contributed by atoms with van der Waals surface area (Å²) in [6.45, 7) is 6.09. The van der Waals surface area contributed by atoms with E-state index in [1.165, 1.54) is 4.88 Å². The zero-order valence-corrected chi connectivity index (χ0v) is 17.9. The van der Waals surface area contributed by atoms with Crippen molar-refractivity contribution >= 4 is 17.3 Å². The van der Waals surface area contributed by atoms with E-state index in [4.69, 9.17) is 4.74 Å². The summed E-state index contributed by atoms with van der Waals surface area (Å²) in [5.74, 6) is 1.38. The highest BCUT2D eigenvalue weighted by Crippen LogP contribution is 2.16. The summed E-state index contributed by atoms with van der Waals surface area (Å²) >= 11 is 1.76. The summed E-state index contributed by atoms with van der Waals surface area (Å²) in [7, 11) is 1.77. The molecule has 0 aliphatic heterocycles. The normalized spacial score (nSPS) is 11.3. The van der Waals surface area contributed by atoms with Crippen LogP contribution in [0.5, 0.6) is 5.88 Å². The van der Waals surface area contributed by atoms with Crippen LogP contribution in [0.1, 0.15) is 26.7 Å². The quantitative estimate of drug-likeness (QED) is 0.439. The number of nitrogens with one attached hydrogen (secondary N) is 2. The van der Waals surface area contributed by atoms with Crippen molar-refractivity contribution in [3.05, 3.63) is 75.4 Å². The minimum absolute atomic E-state index is 0.504. The molecule has 6 nitrogen and oxygen atoms in total. The van der Waals surface area contributed by atoms with E-state index in [9.17, 15) is 0 Å². The van der Waals surface area contributed by atoms with E-state index >= 15 is 0 Å². The van der Waals surface area contributed by atoms with Gasteiger partial charge >= 0.3 is 0 Å². The second-order valence-corrected chi connectivity index (χ2v) is 7.92. The Labute approximate surface area is 176 Å². The van der Waals surface area contributed by atoms with E-state index in [0.717, 1.165) is 40.8 Å². The maximum absolute atomic E-state index is 5.80. The fourth-order valence-electron chi connectivity index (χ4n) is 2.71. The molecule has 2 heterocycles. The summed E-state index contributed by atoms with van der Waals surface area (Å²) in [5, 5.41) is 7.82. The van der Waals surface area contributed by atoms with E-state index in [2.05, 4.69) is 39.4 Å². The highest BCUT2D eigenvalue weighted by atomic mass is 32.1. The third kappa shape index (κ3) is 6.57. The van der Waals surface area contributed by atoms with Crippen LogP contribution in [0.2, 0.25) is 0 Å². The molecule has 0 aliphatic rings. The van der Waals surface area contributed by atoms with Crippen LogP contribution in [-0.2, 0) is 19.6 Å². The van der Waals surface area contributed by atoms with Crippen molar-refractivity contribution in [1.29, 1.82) is 0 Å². The second kappa shape index (κ2) is 10.6. The van der Waals surface area contributed by atoms with Gasteiger partial charge in [0.1, 0.15) is 6.61 Å². The van der Waals surface area contributed by atoms with Gasteiger partial charge in [-0.25, -0.2) is 9.97 Å². The van der Waals surface area contributed by atoms with E-state index in [1.807, 2.05) is 42.5 Å². The molecular formula is C22H27N5OS. The molecule has 0 saturated heterocycles. The van der Waals surface area contributed by atoms with Crippen molar-refractivity contribution in [2.75, 3.05) is 13.6 Å². The van der Waals surface area contributed by atoms with Crippen molar-refractivity contribution in [3.63, 3.8) is 0 Å². The third-order valence-corrected chi connectivity index (χ3v) is 5.55. The number of rotatable bonds is 8. The van der Waals surface area contributed by atoms with Crippen LogP contribution in [-0.4, -0.2) is 29.5 Å². The van der Waals surface area contributed by atoms with Gasteiger partial charge in [-0.05, 0) is 31.0 Å². The van der Waals surface area contributed by atoms with Gasteiger partial charge in [-0.3, -0.25) is 4.99 Å². The number of pyridine rings is 1. The topological polar surface area (TPSA) is 71.4 Å². The number of aryl methyl sites for hydroxylation is 2. The maximum atomic E-state index is 5.80. The van der Waals surface area contributed by atoms with Crippen LogP contribution < -0.4 is 15.4 Å². The molecular weight excluding hydrogens is 382 g/mol. The standard InChI is InChI=1S/C22H27N5OS/c1-16-17(2)29-21(27-16)10-12-25-22(23-3)26-14-19-9-11-24-20(13-19)28-15-18-7-5-4-6-8-18/h4-9,11,13H,10,12,14-15H2,1-3H3,(H2,23,25,26). The number of hydrogen-bond donors (Lipinski definition) is 2. The van der Waals surface area contributed by atoms with Crippen LogP contribution in [0.25, 0.3) is 0 Å². The molecule has 29 heavy (non-hydrogen) atoms. The maximum Gasteiger partial charge on any atom is 0.213 e. The van der Waals surface area contributed by atoms with E-state index in [0.29, 0.717) is 19.0 Å². The smallest absolute Gasteiger partial charge is 0.213 e. The van der Waals surface area contributed by atoms with Gasteiger partial charge in [-0.15, -0.1) is 11.3 Å². The van der Waals surface area contributed by atoms with E-state index in [-0.39, 0.29) is 0 Å². The molecule has 2 aromatic heterocycles. The molecule has 1 aromatic carbocycles. The Morgan fingerprint density at radius 2 is 1.93 bits per heavy atom. The first kappa shape index (κ1) is 20.8. The summed E-state index contributed by atoms with van der Waals surface area (Å²) in [6, 6.07) is 14.0. The predicted octanol–water partition coefficient (Wildman–Crippen LogP) is 3.64. The Morgan fingerprint density at radius 1 is 1.10 bits per heavy atom. The number of guanidine groups is 1. The predicted molar refractivity (Wildman–Crippen MR) is 119 cm³/mol. The average molecular weight is 410 g/mol. The Morgan fingerprint density at radius 3 is 2.66 bits per heavy atom. The summed E-state index contributed by atoms with van der Waals surface area (Å²) in [4.78, 5) is 14.4. The first-order valence-corrected chi connectivity index (χ1v) is 10.4. The third-order valence-electron chi connectivity index (χ3n) is 4.42. The highest BCUT2D eigenvalue weighted by Gasteiger charge is 2.05. The first-order valence-electron chi connectivity index (χ1n) is 9.63. The van der Waals surface area contributed by atoms with Gasteiger partial charge in [-0.2, -0.15) is 0 Å². The zero-order valence-electron chi connectivity index (χ0n) is 17.1. The van der Waals surface area contributed by atoms with Crippen molar-refractivity contribution in [2.24, 2.45) is 4.99 Å². The summed E-state index contributed by atoms with van der Waals surface area (Å²) in [6.07, 6.45) is 2.65. The van der Waals surface area contributed by atoms with Crippen LogP contribution >= 0.6 is 11.3 Å². The molecule has 0 fully saturated rings. The number of hydrogen-bond acceptors (Lipinski definition) is 5. The average Bonchev–Trinajstić information content (AvgIpc) is 3.07. The molecule has 7 heteroatoms. The van der Waals surface area contributed by atoms with Crippen molar-refractivity contribution < 1.29 is 4.74 Å². The lowest BCUT2D eigenvalue weighted by Crippen LogP contribution is -2.37. The molecule has 0 saturated carbocycles. The highest BCUT2D eigenvalue weighted by molar-refractivity contribution is 7.11. The molecule has 0 unspecified atom stereocenters. The number of ether oxygens (including phenoxy) is 1. The Balaban J connectivity index is 1.45. The van der Waals surface area contributed by atoms with Gasteiger partial charge in [0.15, 0.2) is 5.96 Å². The molecule has 0 radical (unpaired) electrons. The Hall–Kier alpha value is -2.93. The molecule has 152 valence electrons. The molecule has 0 atom stereocenters. The molecule has 0 aliphatic carbocycles. The molecule has 0 amide bonds. The zero-order chi connectivity index (χ0) is 20.5. The van der Waals surface area contributed by atoms with Crippen molar-refractivity contribution in [1.82, 2.24) is 20.6 Å². The summed E-state index contributed by atoms with van der Waals surface area (Å²) < 4.78 is 5.80. The second-order valence-electron chi connectivity index (χ2n) is 6.63. The van der Waals surface area contributed by atoms with Crippen molar-refractivity contribution in [2.45, 2.75) is 33.4 Å². The van der Waals surface area contributed by atoms with Gasteiger partial charge in [0.25, 0.3) is 0 Å². The van der Waals surface area contributed by atoms with Gasteiger partial charge in [0.2, 0.25) is 5.88 Å². The first-order chi connectivity index (χ1) is 14.1. The SMILES string of the molecule is CN=C(NCCc1nc(C)c(C)s1)NCc1ccnc(OCc2ccccc2)c1. The molecule has 3 rings (SSSR count). The number of thiazole rings is 1. The molecule has 2 N–H and O–H groups in total. The van der Waals surface area contributed by atoms with E-state index < -0.39 is 0 Å². The lowest BCUT2D eigenvalue weighted by Gasteiger charge is -2.12. The lowest BCUT2D eigenvalue weighted by atomic mass is 10.2. The Bertz CT molecular complexity index is 920. The van der Waals surface area contributed by atoms with Gasteiger partial charge in [-0.1, -0.05) is 30.3 Å². The van der Waals surface area contributed by atoms with E-state index in [1.54, 1.807) is 24.6 Å². The fourth-order valence-corrected chi connectivity index (χ4v) is 3.64. The van der Waals surface area contributed by atoms with Gasteiger partial charge in [0.05, 0.1) is 10.7 Å². The number of benzene rings is 1. The molecule has 0 bridgehead atoms. The number of aliphatic imine (C=N–C) groups is 1. The minimum atomic E-state index is 0.504. The minimum Gasteiger partial charge on any atom is -0.473 e. The van der Waals surface area contributed by atoms with Crippen molar-refractivity contribution in [3.8, 4) is 5.88 Å². The Kier molecular flexibility index (Phi) is 7.58. The number of aromatic nitrogens is 2. The molecule has 3 aromatic rings.